The Morgan fingerprint density at radius 3 is 2.92 bits per heavy atom. The lowest BCUT2D eigenvalue weighted by Crippen LogP contribution is -2.30. The molecule has 0 radical (unpaired) electrons. The van der Waals surface area contributed by atoms with Gasteiger partial charge < -0.3 is 9.47 Å². The Morgan fingerprint density at radius 1 is 1.58 bits per heavy atom. The van der Waals surface area contributed by atoms with Gasteiger partial charge in [-0.2, -0.15) is 0 Å². The van der Waals surface area contributed by atoms with Gasteiger partial charge in [-0.15, -0.1) is 11.6 Å². The van der Waals surface area contributed by atoms with Crippen LogP contribution >= 0.6 is 11.6 Å². The molecule has 1 fully saturated rings. The number of hydrogen-bond donors (Lipinski definition) is 0. The molecule has 0 spiro atoms. The van der Waals surface area contributed by atoms with Gasteiger partial charge in [-0.05, 0) is 25.7 Å². The summed E-state index contributed by atoms with van der Waals surface area (Å²) in [4.78, 5) is 0. The lowest BCUT2D eigenvalue weighted by molar-refractivity contribution is 0.00971. The third kappa shape index (κ3) is 2.61. The van der Waals surface area contributed by atoms with Crippen LogP contribution in [-0.2, 0) is 9.47 Å². The van der Waals surface area contributed by atoms with E-state index in [0.29, 0.717) is 5.88 Å². The van der Waals surface area contributed by atoms with Gasteiger partial charge in [-0.25, -0.2) is 0 Å². The monoisotopic (exact) mass is 192 g/mol. The second kappa shape index (κ2) is 5.05. The van der Waals surface area contributed by atoms with E-state index in [1.54, 1.807) is 7.11 Å². The van der Waals surface area contributed by atoms with Crippen molar-refractivity contribution in [3.05, 3.63) is 0 Å². The average molecular weight is 193 g/mol. The van der Waals surface area contributed by atoms with Crippen LogP contribution in [0.5, 0.6) is 0 Å². The fourth-order valence-electron chi connectivity index (χ4n) is 1.66. The van der Waals surface area contributed by atoms with Gasteiger partial charge in [0.15, 0.2) is 0 Å². The predicted octanol–water partition coefficient (Wildman–Crippen LogP) is 2.20. The van der Waals surface area contributed by atoms with E-state index in [1.165, 1.54) is 0 Å². The number of methoxy groups -OCH3 is 1. The molecule has 0 aromatic rings. The van der Waals surface area contributed by atoms with Crippen molar-refractivity contribution in [2.75, 3.05) is 26.2 Å². The molecule has 1 heterocycles. The highest BCUT2D eigenvalue weighted by Gasteiger charge is 2.33. The van der Waals surface area contributed by atoms with Crippen LogP contribution in [0.3, 0.4) is 0 Å². The highest BCUT2D eigenvalue weighted by atomic mass is 35.5. The molecule has 0 aromatic carbocycles. The molecule has 3 heteroatoms. The number of halogens is 1. The van der Waals surface area contributed by atoms with Gasteiger partial charge in [0.25, 0.3) is 0 Å². The summed E-state index contributed by atoms with van der Waals surface area (Å²) in [6.45, 7) is 1.68. The fraction of sp³-hybridized carbons (Fsp3) is 1.00. The van der Waals surface area contributed by atoms with Gasteiger partial charge in [0.1, 0.15) is 0 Å². The number of rotatable bonds is 5. The lowest BCUT2D eigenvalue weighted by Gasteiger charge is -2.25. The van der Waals surface area contributed by atoms with Gasteiger partial charge >= 0.3 is 0 Å². The minimum absolute atomic E-state index is 0.0277. The van der Waals surface area contributed by atoms with Crippen LogP contribution in [-0.4, -0.2) is 31.8 Å². The summed E-state index contributed by atoms with van der Waals surface area (Å²) in [5.41, 5.74) is -0.0277. The first-order valence-corrected chi connectivity index (χ1v) is 5.05. The maximum absolute atomic E-state index is 5.88. The molecule has 0 N–H and O–H groups in total. The maximum Gasteiger partial charge on any atom is 0.0818 e. The molecule has 2 nitrogen and oxygen atoms in total. The van der Waals surface area contributed by atoms with Crippen molar-refractivity contribution in [2.24, 2.45) is 0 Å². The van der Waals surface area contributed by atoms with Crippen molar-refractivity contribution in [1.82, 2.24) is 0 Å². The second-order valence-corrected chi connectivity index (χ2v) is 3.63. The van der Waals surface area contributed by atoms with E-state index in [4.69, 9.17) is 21.1 Å². The van der Waals surface area contributed by atoms with Crippen molar-refractivity contribution in [2.45, 2.75) is 31.3 Å². The summed E-state index contributed by atoms with van der Waals surface area (Å²) >= 11 is 5.88. The average Bonchev–Trinajstić information content (AvgIpc) is 2.55. The Morgan fingerprint density at radius 2 is 2.42 bits per heavy atom. The van der Waals surface area contributed by atoms with Gasteiger partial charge in [-0.3, -0.25) is 0 Å². The molecule has 0 aromatic heterocycles. The molecule has 1 rings (SSSR count). The van der Waals surface area contributed by atoms with E-state index < -0.39 is 0 Å². The summed E-state index contributed by atoms with van der Waals surface area (Å²) < 4.78 is 10.6. The first-order chi connectivity index (χ1) is 5.83. The molecule has 1 aliphatic rings. The topological polar surface area (TPSA) is 18.5 Å². The normalized spacial score (nSPS) is 29.5. The molecule has 12 heavy (non-hydrogen) atoms. The molecule has 0 saturated carbocycles. The van der Waals surface area contributed by atoms with E-state index >= 15 is 0 Å². The number of alkyl halides is 1. The van der Waals surface area contributed by atoms with Crippen LogP contribution in [0.4, 0.5) is 0 Å². The number of hydrogen-bond acceptors (Lipinski definition) is 2. The van der Waals surface area contributed by atoms with Crippen LogP contribution in [0, 0.1) is 0 Å². The van der Waals surface area contributed by atoms with Gasteiger partial charge in [-0.1, -0.05) is 0 Å². The minimum Gasteiger partial charge on any atom is -0.385 e. The Balaban J connectivity index is 2.24. The minimum atomic E-state index is -0.0277. The first-order valence-electron chi connectivity index (χ1n) is 4.52. The maximum atomic E-state index is 5.88. The molecular weight excluding hydrogens is 176 g/mol. The zero-order valence-corrected chi connectivity index (χ0v) is 8.40. The summed E-state index contributed by atoms with van der Waals surface area (Å²) in [5.74, 6) is 0.622. The zero-order chi connectivity index (χ0) is 8.86. The van der Waals surface area contributed by atoms with Crippen LogP contribution in [0.25, 0.3) is 0 Å². The molecule has 1 saturated heterocycles. The van der Waals surface area contributed by atoms with Crippen LogP contribution < -0.4 is 0 Å². The van der Waals surface area contributed by atoms with E-state index in [2.05, 4.69) is 0 Å². The van der Waals surface area contributed by atoms with E-state index in [0.717, 1.165) is 38.9 Å². The van der Waals surface area contributed by atoms with Crippen molar-refractivity contribution >= 4 is 11.6 Å². The molecule has 0 amide bonds. The smallest absolute Gasteiger partial charge is 0.0818 e. The SMILES string of the molecule is COCCCC1(CCl)CCCO1. The van der Waals surface area contributed by atoms with Crippen molar-refractivity contribution in [1.29, 1.82) is 0 Å². The predicted molar refractivity (Wildman–Crippen MR) is 49.7 cm³/mol. The van der Waals surface area contributed by atoms with Crippen molar-refractivity contribution < 1.29 is 9.47 Å². The van der Waals surface area contributed by atoms with E-state index in [1.807, 2.05) is 0 Å². The van der Waals surface area contributed by atoms with Gasteiger partial charge in [0.2, 0.25) is 0 Å². The highest BCUT2D eigenvalue weighted by Crippen LogP contribution is 2.31. The van der Waals surface area contributed by atoms with Crippen LogP contribution in [0.2, 0.25) is 0 Å². The van der Waals surface area contributed by atoms with Crippen LogP contribution in [0.15, 0.2) is 0 Å². The summed E-state index contributed by atoms with van der Waals surface area (Å²) in [6.07, 6.45) is 4.34. The molecule has 0 bridgehead atoms. The Kier molecular flexibility index (Phi) is 4.33. The fourth-order valence-corrected chi connectivity index (χ4v) is 2.01. The molecule has 1 unspecified atom stereocenters. The van der Waals surface area contributed by atoms with E-state index in [-0.39, 0.29) is 5.60 Å². The third-order valence-corrected chi connectivity index (χ3v) is 2.90. The Labute approximate surface area is 79.2 Å². The quantitative estimate of drug-likeness (QED) is 0.491. The second-order valence-electron chi connectivity index (χ2n) is 3.37. The first kappa shape index (κ1) is 10.3. The van der Waals surface area contributed by atoms with Gasteiger partial charge in [0, 0.05) is 20.3 Å². The third-order valence-electron chi connectivity index (χ3n) is 2.41. The van der Waals surface area contributed by atoms with Crippen molar-refractivity contribution in [3.63, 3.8) is 0 Å². The molecule has 0 aliphatic carbocycles. The highest BCUT2D eigenvalue weighted by molar-refractivity contribution is 6.18. The molecule has 1 aliphatic heterocycles. The number of ether oxygens (including phenoxy) is 2. The molecule has 72 valence electrons. The standard InChI is InChI=1S/C9H17ClO2/c1-11-6-2-4-9(8-10)5-3-7-12-9/h2-8H2,1H3. The largest absolute Gasteiger partial charge is 0.385 e. The lowest BCUT2D eigenvalue weighted by atomic mass is 9.97. The van der Waals surface area contributed by atoms with Crippen molar-refractivity contribution in [3.8, 4) is 0 Å². The zero-order valence-electron chi connectivity index (χ0n) is 7.64. The summed E-state index contributed by atoms with van der Waals surface area (Å²) in [5, 5.41) is 0. The van der Waals surface area contributed by atoms with E-state index in [9.17, 15) is 0 Å². The Bertz CT molecular complexity index is 122. The van der Waals surface area contributed by atoms with Crippen LogP contribution in [0.1, 0.15) is 25.7 Å². The summed E-state index contributed by atoms with van der Waals surface area (Å²) in [7, 11) is 1.73. The van der Waals surface area contributed by atoms with Gasteiger partial charge in [0.05, 0.1) is 11.5 Å². The Hall–Kier alpha value is 0.210. The molecule has 1 atom stereocenters. The summed E-state index contributed by atoms with van der Waals surface area (Å²) in [6, 6.07) is 0. The molecular formula is C9H17ClO2.